The number of ketones is 1. The lowest BCUT2D eigenvalue weighted by molar-refractivity contribution is 0.0693. The molecule has 0 amide bonds. The number of methoxy groups -OCH3 is 1. The van der Waals surface area contributed by atoms with Gasteiger partial charge in [0.25, 0.3) is 0 Å². The number of carbonyl (C=O) groups is 2. The Hall–Kier alpha value is -3.60. The highest BCUT2D eigenvalue weighted by atomic mass is 16.5. The molecular weight excluding hydrogens is 354 g/mol. The van der Waals surface area contributed by atoms with Crippen LogP contribution in [0.2, 0.25) is 0 Å². The average Bonchev–Trinajstić information content (AvgIpc) is 2.72. The fraction of sp³-hybridized carbons (Fsp3) is 0.130. The number of carbonyl (C=O) groups excluding carboxylic acids is 1. The van der Waals surface area contributed by atoms with E-state index in [2.05, 4.69) is 0 Å². The maximum Gasteiger partial charge on any atom is 0.336 e. The third-order valence-corrected chi connectivity index (χ3v) is 4.57. The summed E-state index contributed by atoms with van der Waals surface area (Å²) in [6, 6.07) is 19.3. The second-order valence-electron chi connectivity index (χ2n) is 6.53. The zero-order chi connectivity index (χ0) is 20.3. The number of ether oxygens (including phenoxy) is 1. The molecule has 0 fully saturated rings. The molecule has 0 saturated heterocycles. The standard InChI is InChI=1S/C23H21NO4/c1-24(2)16-10-13-18(15-8-11-17(28-3)12-9-15)21(14-16)22(25)19-6-4-5-7-20(19)23(26)27/h4-14H,1-3H3,(H,26,27). The second kappa shape index (κ2) is 7.96. The lowest BCUT2D eigenvalue weighted by atomic mass is 9.91. The molecule has 0 aliphatic rings. The van der Waals surface area contributed by atoms with E-state index >= 15 is 0 Å². The van der Waals surface area contributed by atoms with Crippen LogP contribution in [0.3, 0.4) is 0 Å². The summed E-state index contributed by atoms with van der Waals surface area (Å²) in [6.07, 6.45) is 0. The molecule has 5 heteroatoms. The Bertz CT molecular complexity index is 1020. The minimum absolute atomic E-state index is 0.0107. The molecule has 0 aliphatic heterocycles. The van der Waals surface area contributed by atoms with Crippen LogP contribution in [0.15, 0.2) is 66.7 Å². The first-order valence-corrected chi connectivity index (χ1v) is 8.75. The van der Waals surface area contributed by atoms with Crippen LogP contribution in [0.1, 0.15) is 26.3 Å². The van der Waals surface area contributed by atoms with Crippen molar-refractivity contribution in [2.24, 2.45) is 0 Å². The predicted octanol–water partition coefficient (Wildman–Crippen LogP) is 4.36. The molecule has 3 aromatic carbocycles. The van der Waals surface area contributed by atoms with Crippen molar-refractivity contribution in [1.82, 2.24) is 0 Å². The molecule has 3 aromatic rings. The van der Waals surface area contributed by atoms with Crippen LogP contribution in [0.25, 0.3) is 11.1 Å². The van der Waals surface area contributed by atoms with Crippen molar-refractivity contribution in [2.45, 2.75) is 0 Å². The summed E-state index contributed by atoms with van der Waals surface area (Å²) < 4.78 is 5.21. The van der Waals surface area contributed by atoms with Gasteiger partial charge in [0, 0.05) is 30.9 Å². The highest BCUT2D eigenvalue weighted by Gasteiger charge is 2.21. The Morgan fingerprint density at radius 3 is 2.07 bits per heavy atom. The van der Waals surface area contributed by atoms with Gasteiger partial charge in [-0.1, -0.05) is 36.4 Å². The van der Waals surface area contributed by atoms with E-state index in [1.807, 2.05) is 55.4 Å². The largest absolute Gasteiger partial charge is 0.497 e. The first-order valence-electron chi connectivity index (χ1n) is 8.75. The Morgan fingerprint density at radius 1 is 0.857 bits per heavy atom. The maximum absolute atomic E-state index is 13.4. The van der Waals surface area contributed by atoms with Gasteiger partial charge in [0.05, 0.1) is 12.7 Å². The Kier molecular flexibility index (Phi) is 5.45. The predicted molar refractivity (Wildman–Crippen MR) is 110 cm³/mol. The van der Waals surface area contributed by atoms with Crippen LogP contribution in [-0.2, 0) is 0 Å². The molecule has 1 N–H and O–H groups in total. The van der Waals surface area contributed by atoms with Crippen molar-refractivity contribution in [3.8, 4) is 16.9 Å². The molecule has 0 spiro atoms. The van der Waals surface area contributed by atoms with E-state index in [0.29, 0.717) is 5.56 Å². The fourth-order valence-corrected chi connectivity index (χ4v) is 3.03. The number of anilines is 1. The first-order chi connectivity index (χ1) is 13.4. The summed E-state index contributed by atoms with van der Waals surface area (Å²) in [4.78, 5) is 26.8. The zero-order valence-corrected chi connectivity index (χ0v) is 16.0. The first kappa shape index (κ1) is 19.2. The maximum atomic E-state index is 13.4. The minimum atomic E-state index is -1.13. The number of hydrogen-bond donors (Lipinski definition) is 1. The highest BCUT2D eigenvalue weighted by Crippen LogP contribution is 2.31. The fourth-order valence-electron chi connectivity index (χ4n) is 3.03. The number of rotatable bonds is 6. The molecule has 0 bridgehead atoms. The summed E-state index contributed by atoms with van der Waals surface area (Å²) in [6.45, 7) is 0. The van der Waals surface area contributed by atoms with Gasteiger partial charge < -0.3 is 14.7 Å². The van der Waals surface area contributed by atoms with Crippen LogP contribution < -0.4 is 9.64 Å². The normalized spacial score (nSPS) is 10.4. The van der Waals surface area contributed by atoms with Crippen molar-refractivity contribution in [3.05, 3.63) is 83.4 Å². The van der Waals surface area contributed by atoms with Crippen molar-refractivity contribution in [3.63, 3.8) is 0 Å². The average molecular weight is 375 g/mol. The van der Waals surface area contributed by atoms with E-state index in [4.69, 9.17) is 4.74 Å². The molecule has 28 heavy (non-hydrogen) atoms. The molecule has 3 rings (SSSR count). The molecule has 0 radical (unpaired) electrons. The number of nitrogens with zero attached hydrogens (tertiary/aromatic N) is 1. The Labute approximate surface area is 163 Å². The number of aromatic carboxylic acids is 1. The Morgan fingerprint density at radius 2 is 1.50 bits per heavy atom. The molecule has 5 nitrogen and oxygen atoms in total. The lowest BCUT2D eigenvalue weighted by Gasteiger charge is -2.17. The van der Waals surface area contributed by atoms with Crippen molar-refractivity contribution >= 4 is 17.4 Å². The summed E-state index contributed by atoms with van der Waals surface area (Å²) in [5.74, 6) is -0.732. The van der Waals surface area contributed by atoms with Crippen LogP contribution in [-0.4, -0.2) is 38.1 Å². The van der Waals surface area contributed by atoms with Gasteiger partial charge in [0.15, 0.2) is 5.78 Å². The second-order valence-corrected chi connectivity index (χ2v) is 6.53. The topological polar surface area (TPSA) is 66.8 Å². The van der Waals surface area contributed by atoms with E-state index in [1.165, 1.54) is 6.07 Å². The lowest BCUT2D eigenvalue weighted by Crippen LogP contribution is -2.13. The molecule has 0 saturated carbocycles. The molecular formula is C23H21NO4. The van der Waals surface area contributed by atoms with Crippen molar-refractivity contribution < 1.29 is 19.4 Å². The number of benzene rings is 3. The third kappa shape index (κ3) is 3.74. The summed E-state index contributed by atoms with van der Waals surface area (Å²) in [7, 11) is 5.38. The zero-order valence-electron chi connectivity index (χ0n) is 16.0. The number of carboxylic acid groups (broad SMARTS) is 1. The summed E-state index contributed by atoms with van der Waals surface area (Å²) in [5, 5.41) is 9.47. The minimum Gasteiger partial charge on any atom is -0.497 e. The number of carboxylic acids is 1. The van der Waals surface area contributed by atoms with Gasteiger partial charge in [-0.2, -0.15) is 0 Å². The highest BCUT2D eigenvalue weighted by molar-refractivity contribution is 6.17. The van der Waals surface area contributed by atoms with E-state index in [-0.39, 0.29) is 16.9 Å². The van der Waals surface area contributed by atoms with Gasteiger partial charge in [-0.15, -0.1) is 0 Å². The molecule has 142 valence electrons. The van der Waals surface area contributed by atoms with Crippen LogP contribution in [0, 0.1) is 0 Å². The molecule has 0 unspecified atom stereocenters. The number of hydrogen-bond acceptors (Lipinski definition) is 4. The molecule has 0 aromatic heterocycles. The van der Waals surface area contributed by atoms with Crippen molar-refractivity contribution in [1.29, 1.82) is 0 Å². The smallest absolute Gasteiger partial charge is 0.336 e. The van der Waals surface area contributed by atoms with Crippen molar-refractivity contribution in [2.75, 3.05) is 26.1 Å². The monoisotopic (exact) mass is 375 g/mol. The molecule has 0 heterocycles. The van der Waals surface area contributed by atoms with Crippen LogP contribution in [0.5, 0.6) is 5.75 Å². The van der Waals surface area contributed by atoms with E-state index in [9.17, 15) is 14.7 Å². The van der Waals surface area contributed by atoms with E-state index in [1.54, 1.807) is 31.4 Å². The van der Waals surface area contributed by atoms with Gasteiger partial charge >= 0.3 is 5.97 Å². The van der Waals surface area contributed by atoms with Gasteiger partial charge in [-0.3, -0.25) is 4.79 Å². The Balaban J connectivity index is 2.18. The van der Waals surface area contributed by atoms with Crippen LogP contribution >= 0.6 is 0 Å². The van der Waals surface area contributed by atoms with E-state index in [0.717, 1.165) is 22.6 Å². The van der Waals surface area contributed by atoms with Crippen LogP contribution in [0.4, 0.5) is 5.69 Å². The van der Waals surface area contributed by atoms with Gasteiger partial charge in [-0.05, 0) is 41.5 Å². The molecule has 0 aliphatic carbocycles. The van der Waals surface area contributed by atoms with Gasteiger partial charge in [0.1, 0.15) is 5.75 Å². The van der Waals surface area contributed by atoms with Gasteiger partial charge in [0.2, 0.25) is 0 Å². The summed E-state index contributed by atoms with van der Waals surface area (Å²) >= 11 is 0. The van der Waals surface area contributed by atoms with Gasteiger partial charge in [-0.25, -0.2) is 4.79 Å². The molecule has 0 atom stereocenters. The SMILES string of the molecule is COc1ccc(-c2ccc(N(C)C)cc2C(=O)c2ccccc2C(=O)O)cc1. The van der Waals surface area contributed by atoms with E-state index < -0.39 is 5.97 Å². The quantitative estimate of drug-likeness (QED) is 0.649. The third-order valence-electron chi connectivity index (χ3n) is 4.57. The summed E-state index contributed by atoms with van der Waals surface area (Å²) in [5.41, 5.74) is 3.04.